The molecule has 1 aliphatic heterocycles. The molecule has 1 aliphatic rings. The third-order valence-corrected chi connectivity index (χ3v) is 4.90. The highest BCUT2D eigenvalue weighted by molar-refractivity contribution is 5.89. The van der Waals surface area contributed by atoms with Gasteiger partial charge in [0.15, 0.2) is 0 Å². The Hall–Kier alpha value is -2.49. The third kappa shape index (κ3) is 4.13. The van der Waals surface area contributed by atoms with Gasteiger partial charge in [0.1, 0.15) is 0 Å². The first-order chi connectivity index (χ1) is 11.9. The van der Waals surface area contributed by atoms with Gasteiger partial charge in [0.2, 0.25) is 0 Å². The first-order valence-corrected chi connectivity index (χ1v) is 8.89. The van der Waals surface area contributed by atoms with Gasteiger partial charge in [-0.1, -0.05) is 12.1 Å². The van der Waals surface area contributed by atoms with Crippen LogP contribution < -0.4 is 10.2 Å². The number of rotatable bonds is 2. The minimum absolute atomic E-state index is 0.0108. The number of carbonyl (C=O) groups is 1. The molecule has 132 valence electrons. The Kier molecular flexibility index (Phi) is 4.98. The molecule has 0 spiro atoms. The van der Waals surface area contributed by atoms with E-state index in [-0.39, 0.29) is 6.03 Å². The fraction of sp³-hybridized carbons (Fsp3) is 0.381. The van der Waals surface area contributed by atoms with Gasteiger partial charge in [-0.15, -0.1) is 0 Å². The van der Waals surface area contributed by atoms with Crippen LogP contribution in [-0.4, -0.2) is 37.1 Å². The van der Waals surface area contributed by atoms with Crippen molar-refractivity contribution >= 4 is 17.4 Å². The Bertz CT molecular complexity index is 756. The highest BCUT2D eigenvalue weighted by Crippen LogP contribution is 2.21. The van der Waals surface area contributed by atoms with Crippen molar-refractivity contribution in [1.29, 1.82) is 0 Å². The van der Waals surface area contributed by atoms with Crippen LogP contribution in [0, 0.1) is 27.7 Å². The molecule has 0 bridgehead atoms. The molecule has 0 radical (unpaired) electrons. The Morgan fingerprint density at radius 1 is 0.840 bits per heavy atom. The van der Waals surface area contributed by atoms with Gasteiger partial charge >= 0.3 is 6.03 Å². The maximum absolute atomic E-state index is 12.5. The molecular formula is C21H27N3O. The quantitative estimate of drug-likeness (QED) is 0.888. The number of aryl methyl sites for hydroxylation is 4. The Labute approximate surface area is 150 Å². The maximum Gasteiger partial charge on any atom is 0.321 e. The predicted molar refractivity (Wildman–Crippen MR) is 105 cm³/mol. The molecule has 2 aromatic rings. The lowest BCUT2D eigenvalue weighted by molar-refractivity contribution is 0.208. The lowest BCUT2D eigenvalue weighted by Gasteiger charge is -2.36. The molecule has 0 unspecified atom stereocenters. The van der Waals surface area contributed by atoms with Crippen molar-refractivity contribution in [2.24, 2.45) is 0 Å². The normalized spacial score (nSPS) is 14.6. The van der Waals surface area contributed by atoms with E-state index in [1.807, 2.05) is 23.1 Å². The van der Waals surface area contributed by atoms with E-state index >= 15 is 0 Å². The molecule has 4 heteroatoms. The monoisotopic (exact) mass is 337 g/mol. The summed E-state index contributed by atoms with van der Waals surface area (Å²) in [6.45, 7) is 11.6. The molecule has 2 amide bonds. The standard InChI is InChI=1S/C21H27N3O/c1-15-11-16(2)13-20(12-15)23-7-9-24(10-8-23)21(25)22-19-6-5-17(3)18(4)14-19/h5-6,11-14H,7-10H2,1-4H3,(H,22,25). The summed E-state index contributed by atoms with van der Waals surface area (Å²) >= 11 is 0. The van der Waals surface area contributed by atoms with Crippen LogP contribution in [0.3, 0.4) is 0 Å². The van der Waals surface area contributed by atoms with Crippen LogP contribution in [0.25, 0.3) is 0 Å². The van der Waals surface area contributed by atoms with Crippen LogP contribution in [0.5, 0.6) is 0 Å². The molecule has 3 rings (SSSR count). The highest BCUT2D eigenvalue weighted by atomic mass is 16.2. The first-order valence-electron chi connectivity index (χ1n) is 8.89. The minimum atomic E-state index is -0.0108. The van der Waals surface area contributed by atoms with Gasteiger partial charge in [0.25, 0.3) is 0 Å². The molecule has 0 saturated carbocycles. The average Bonchev–Trinajstić information content (AvgIpc) is 2.57. The van der Waals surface area contributed by atoms with Gasteiger partial charge in [0, 0.05) is 37.6 Å². The molecule has 1 fully saturated rings. The lowest BCUT2D eigenvalue weighted by Crippen LogP contribution is -2.50. The van der Waals surface area contributed by atoms with Crippen molar-refractivity contribution in [3.8, 4) is 0 Å². The van der Waals surface area contributed by atoms with E-state index in [1.54, 1.807) is 0 Å². The Morgan fingerprint density at radius 3 is 2.08 bits per heavy atom. The van der Waals surface area contributed by atoms with Crippen molar-refractivity contribution in [1.82, 2.24) is 4.90 Å². The minimum Gasteiger partial charge on any atom is -0.368 e. The largest absolute Gasteiger partial charge is 0.368 e. The van der Waals surface area contributed by atoms with Crippen LogP contribution in [0.15, 0.2) is 36.4 Å². The number of hydrogen-bond acceptors (Lipinski definition) is 2. The number of amides is 2. The second kappa shape index (κ2) is 7.18. The molecule has 1 heterocycles. The summed E-state index contributed by atoms with van der Waals surface area (Å²) in [4.78, 5) is 16.8. The summed E-state index contributed by atoms with van der Waals surface area (Å²) in [5.74, 6) is 0. The maximum atomic E-state index is 12.5. The van der Waals surface area contributed by atoms with Gasteiger partial charge in [-0.2, -0.15) is 0 Å². The topological polar surface area (TPSA) is 35.6 Å². The number of piperazine rings is 1. The van der Waals surface area contributed by atoms with Crippen LogP contribution in [0.2, 0.25) is 0 Å². The summed E-state index contributed by atoms with van der Waals surface area (Å²) in [5, 5.41) is 3.02. The summed E-state index contributed by atoms with van der Waals surface area (Å²) in [6.07, 6.45) is 0. The fourth-order valence-corrected chi connectivity index (χ4v) is 3.32. The SMILES string of the molecule is Cc1cc(C)cc(N2CCN(C(=O)Nc3ccc(C)c(C)c3)CC2)c1. The van der Waals surface area contributed by atoms with E-state index in [4.69, 9.17) is 0 Å². The second-order valence-electron chi connectivity index (χ2n) is 7.05. The van der Waals surface area contributed by atoms with Crippen LogP contribution >= 0.6 is 0 Å². The number of carbonyl (C=O) groups excluding carboxylic acids is 1. The van der Waals surface area contributed by atoms with E-state index in [0.717, 1.165) is 31.9 Å². The smallest absolute Gasteiger partial charge is 0.321 e. The zero-order chi connectivity index (χ0) is 18.0. The predicted octanol–water partition coefficient (Wildman–Crippen LogP) is 4.27. The molecule has 2 aromatic carbocycles. The van der Waals surface area contributed by atoms with Gasteiger partial charge < -0.3 is 15.1 Å². The zero-order valence-corrected chi connectivity index (χ0v) is 15.6. The Balaban J connectivity index is 1.59. The number of nitrogens with one attached hydrogen (secondary N) is 1. The fourth-order valence-electron chi connectivity index (χ4n) is 3.32. The number of urea groups is 1. The van der Waals surface area contributed by atoms with Crippen LogP contribution in [-0.2, 0) is 0 Å². The molecule has 0 aromatic heterocycles. The van der Waals surface area contributed by atoms with Crippen LogP contribution in [0.4, 0.5) is 16.2 Å². The second-order valence-corrected chi connectivity index (χ2v) is 7.05. The van der Waals surface area contributed by atoms with Gasteiger partial charge in [0.05, 0.1) is 0 Å². The lowest BCUT2D eigenvalue weighted by atomic mass is 10.1. The van der Waals surface area contributed by atoms with Gasteiger partial charge in [-0.25, -0.2) is 4.79 Å². The van der Waals surface area contributed by atoms with Gasteiger partial charge in [-0.05, 0) is 74.2 Å². The molecule has 4 nitrogen and oxygen atoms in total. The van der Waals surface area contributed by atoms with Crippen molar-refractivity contribution in [2.75, 3.05) is 36.4 Å². The number of hydrogen-bond donors (Lipinski definition) is 1. The number of nitrogens with zero attached hydrogens (tertiary/aromatic N) is 2. The number of benzene rings is 2. The Morgan fingerprint density at radius 2 is 1.48 bits per heavy atom. The van der Waals surface area contributed by atoms with E-state index in [1.165, 1.54) is 27.9 Å². The third-order valence-electron chi connectivity index (χ3n) is 4.90. The van der Waals surface area contributed by atoms with E-state index < -0.39 is 0 Å². The van der Waals surface area contributed by atoms with Crippen molar-refractivity contribution < 1.29 is 4.79 Å². The molecule has 0 atom stereocenters. The first kappa shape index (κ1) is 17.3. The highest BCUT2D eigenvalue weighted by Gasteiger charge is 2.21. The number of anilines is 2. The molecular weight excluding hydrogens is 310 g/mol. The zero-order valence-electron chi connectivity index (χ0n) is 15.6. The summed E-state index contributed by atoms with van der Waals surface area (Å²) in [7, 11) is 0. The van der Waals surface area contributed by atoms with E-state index in [9.17, 15) is 4.79 Å². The molecule has 0 aliphatic carbocycles. The molecule has 1 saturated heterocycles. The van der Waals surface area contributed by atoms with Crippen molar-refractivity contribution in [3.05, 3.63) is 58.7 Å². The average molecular weight is 337 g/mol. The molecule has 25 heavy (non-hydrogen) atoms. The summed E-state index contributed by atoms with van der Waals surface area (Å²) in [6, 6.07) is 12.7. The molecule has 1 N–H and O–H groups in total. The van der Waals surface area contributed by atoms with E-state index in [0.29, 0.717) is 0 Å². The van der Waals surface area contributed by atoms with Crippen LogP contribution in [0.1, 0.15) is 22.3 Å². The van der Waals surface area contributed by atoms with Gasteiger partial charge in [-0.3, -0.25) is 0 Å². The summed E-state index contributed by atoms with van der Waals surface area (Å²) < 4.78 is 0. The van der Waals surface area contributed by atoms with Crippen molar-refractivity contribution in [3.63, 3.8) is 0 Å². The van der Waals surface area contributed by atoms with Crippen molar-refractivity contribution in [2.45, 2.75) is 27.7 Å². The van der Waals surface area contributed by atoms with E-state index in [2.05, 4.69) is 56.1 Å². The summed E-state index contributed by atoms with van der Waals surface area (Å²) in [5.41, 5.74) is 7.11.